The Morgan fingerprint density at radius 3 is 2.46 bits per heavy atom. The largest absolute Gasteiger partial charge is 0.336 e. The highest BCUT2D eigenvalue weighted by Gasteiger charge is 2.22. The third-order valence-corrected chi connectivity index (χ3v) is 10.9. The molecule has 3 N–H and O–H groups in total. The van der Waals surface area contributed by atoms with Crippen molar-refractivity contribution in [3.63, 3.8) is 0 Å². The first-order valence-electron chi connectivity index (χ1n) is 16.9. The molecule has 3 amide bonds. The van der Waals surface area contributed by atoms with Crippen molar-refractivity contribution in [2.24, 2.45) is 0 Å². The van der Waals surface area contributed by atoms with E-state index in [4.69, 9.17) is 4.98 Å². The van der Waals surface area contributed by atoms with Gasteiger partial charge in [-0.05, 0) is 79.0 Å². The number of rotatable bonds is 10. The molecule has 1 aliphatic heterocycles. The van der Waals surface area contributed by atoms with Crippen LogP contribution < -0.4 is 16.0 Å². The number of benzene rings is 2. The van der Waals surface area contributed by atoms with Crippen LogP contribution in [0.15, 0.2) is 103 Å². The first kappa shape index (κ1) is 34.7. The molecule has 0 bridgehead atoms. The molecule has 52 heavy (non-hydrogen) atoms. The Labute approximate surface area is 309 Å². The number of thiophene rings is 2. The number of anilines is 4. The van der Waals surface area contributed by atoms with Crippen LogP contribution in [0.2, 0.25) is 0 Å². The number of nitrogens with zero attached hydrogens (tertiary/aromatic N) is 5. The Kier molecular flexibility index (Phi) is 10.4. The van der Waals surface area contributed by atoms with E-state index >= 15 is 0 Å². The molecule has 2 aromatic carbocycles. The van der Waals surface area contributed by atoms with Gasteiger partial charge in [0, 0.05) is 70.8 Å². The van der Waals surface area contributed by atoms with Gasteiger partial charge in [-0.2, -0.15) is 0 Å². The van der Waals surface area contributed by atoms with Crippen LogP contribution in [-0.2, 0) is 0 Å². The van der Waals surface area contributed by atoms with Crippen molar-refractivity contribution >= 4 is 63.4 Å². The molecule has 0 spiro atoms. The van der Waals surface area contributed by atoms with E-state index in [-0.39, 0.29) is 17.7 Å². The molecule has 0 atom stereocenters. The van der Waals surface area contributed by atoms with Crippen molar-refractivity contribution in [3.05, 3.63) is 124 Å². The lowest BCUT2D eigenvalue weighted by atomic mass is 10.1. The molecule has 7 rings (SSSR count). The van der Waals surface area contributed by atoms with E-state index in [0.29, 0.717) is 57.8 Å². The predicted octanol–water partition coefficient (Wildman–Crippen LogP) is 7.66. The molecule has 1 saturated heterocycles. The summed E-state index contributed by atoms with van der Waals surface area (Å²) in [5.74, 6) is -0.254. The Bertz CT molecular complexity index is 2230. The smallest absolute Gasteiger partial charge is 0.265 e. The van der Waals surface area contributed by atoms with Crippen molar-refractivity contribution in [2.45, 2.75) is 13.8 Å². The highest BCUT2D eigenvalue weighted by atomic mass is 32.1. The van der Waals surface area contributed by atoms with Gasteiger partial charge in [-0.25, -0.2) is 9.97 Å². The predicted molar refractivity (Wildman–Crippen MR) is 208 cm³/mol. The minimum atomic E-state index is -0.380. The number of pyridine rings is 1. The van der Waals surface area contributed by atoms with E-state index in [2.05, 4.69) is 37.7 Å². The quantitative estimate of drug-likeness (QED) is 0.131. The summed E-state index contributed by atoms with van der Waals surface area (Å²) in [7, 11) is 0. The molecular formula is C39H36N8O3S2. The molecule has 5 heterocycles. The molecule has 11 nitrogen and oxygen atoms in total. The van der Waals surface area contributed by atoms with Gasteiger partial charge >= 0.3 is 0 Å². The van der Waals surface area contributed by atoms with E-state index in [1.54, 1.807) is 35.7 Å². The van der Waals surface area contributed by atoms with Crippen molar-refractivity contribution in [1.82, 2.24) is 24.8 Å². The van der Waals surface area contributed by atoms with Crippen molar-refractivity contribution in [3.8, 4) is 21.0 Å². The molecule has 0 unspecified atom stereocenters. The van der Waals surface area contributed by atoms with Crippen molar-refractivity contribution in [2.75, 3.05) is 48.7 Å². The lowest BCUT2D eigenvalue weighted by molar-refractivity contribution is 0.0643. The molecule has 1 aliphatic rings. The van der Waals surface area contributed by atoms with E-state index in [9.17, 15) is 14.4 Å². The summed E-state index contributed by atoms with van der Waals surface area (Å²) in [6, 6.07) is 24.1. The summed E-state index contributed by atoms with van der Waals surface area (Å²) in [6.45, 7) is 8.26. The number of amides is 3. The minimum absolute atomic E-state index is 0.0219. The van der Waals surface area contributed by atoms with Gasteiger partial charge in [-0.15, -0.1) is 22.7 Å². The summed E-state index contributed by atoms with van der Waals surface area (Å²) in [6.07, 6.45) is 4.63. The van der Waals surface area contributed by atoms with E-state index in [1.807, 2.05) is 77.9 Å². The zero-order chi connectivity index (χ0) is 36.0. The highest BCUT2D eigenvalue weighted by molar-refractivity contribution is 7.22. The lowest BCUT2D eigenvalue weighted by Gasteiger charge is -2.34. The summed E-state index contributed by atoms with van der Waals surface area (Å²) in [5, 5.41) is 11.1. The summed E-state index contributed by atoms with van der Waals surface area (Å²) >= 11 is 3.03. The van der Waals surface area contributed by atoms with Gasteiger partial charge in [0.2, 0.25) is 5.95 Å². The molecule has 0 radical (unpaired) electrons. The average molecular weight is 729 g/mol. The second kappa shape index (κ2) is 15.6. The van der Waals surface area contributed by atoms with Gasteiger partial charge in [0.15, 0.2) is 0 Å². The van der Waals surface area contributed by atoms with Crippen molar-refractivity contribution in [1.29, 1.82) is 0 Å². The number of piperazine rings is 1. The molecule has 0 saturated carbocycles. The van der Waals surface area contributed by atoms with Crippen LogP contribution >= 0.6 is 22.7 Å². The van der Waals surface area contributed by atoms with Crippen molar-refractivity contribution < 1.29 is 14.4 Å². The molecule has 13 heteroatoms. The molecular weight excluding hydrogens is 693 g/mol. The monoisotopic (exact) mass is 728 g/mol. The number of hydrogen-bond acceptors (Lipinski definition) is 10. The number of carbonyl (C=O) groups is 3. The van der Waals surface area contributed by atoms with Gasteiger partial charge in [0.05, 0.1) is 28.0 Å². The maximum atomic E-state index is 13.3. The molecule has 4 aromatic heterocycles. The van der Waals surface area contributed by atoms with E-state index < -0.39 is 0 Å². The first-order valence-corrected chi connectivity index (χ1v) is 18.6. The Hall–Kier alpha value is -5.76. The van der Waals surface area contributed by atoms with Gasteiger partial charge in [0.25, 0.3) is 17.7 Å². The number of carbonyl (C=O) groups excluding carboxylic acids is 3. The highest BCUT2D eigenvalue weighted by Crippen LogP contribution is 2.32. The first-order chi connectivity index (χ1) is 25.3. The maximum Gasteiger partial charge on any atom is 0.265 e. The zero-order valence-corrected chi connectivity index (χ0v) is 30.3. The van der Waals surface area contributed by atoms with Crippen LogP contribution in [0.5, 0.6) is 0 Å². The Morgan fingerprint density at radius 1 is 0.808 bits per heavy atom. The molecule has 1 fully saturated rings. The van der Waals surface area contributed by atoms with Crippen LogP contribution in [0, 0.1) is 6.92 Å². The topological polar surface area (TPSA) is 132 Å². The van der Waals surface area contributed by atoms with Gasteiger partial charge in [-0.1, -0.05) is 31.2 Å². The van der Waals surface area contributed by atoms with Gasteiger partial charge in [0.1, 0.15) is 0 Å². The van der Waals surface area contributed by atoms with Gasteiger partial charge in [-0.3, -0.25) is 19.4 Å². The molecule has 6 aromatic rings. The fraction of sp³-hybridized carbons (Fsp3) is 0.179. The van der Waals surface area contributed by atoms with E-state index in [1.165, 1.54) is 23.7 Å². The third-order valence-electron chi connectivity index (χ3n) is 8.76. The second-order valence-electron chi connectivity index (χ2n) is 12.2. The standard InChI is InChI=1S/C39H36N8O3S2/c1-3-46-15-17-47(18-16-46)38(50)27-7-4-6-26(20-27)31-13-14-41-39(44-31)45-32-22-29(10-9-25(32)2)42-36(48)28-21-30(24-40-23-28)43-37(49)35-12-11-34(52-35)33-8-5-19-51-33/h4-14,19-24H,3,15-18H2,1-2H3,(H,42,48)(H,43,49)(H,41,44,45). The fourth-order valence-corrected chi connectivity index (χ4v) is 7.57. The number of likely N-dealkylation sites (N-methyl/N-ethyl adjacent to an activating group) is 1. The number of hydrogen-bond donors (Lipinski definition) is 3. The third kappa shape index (κ3) is 8.07. The molecule has 0 aliphatic carbocycles. The van der Waals surface area contributed by atoms with Crippen LogP contribution in [0.4, 0.5) is 23.0 Å². The zero-order valence-electron chi connectivity index (χ0n) is 28.6. The molecule has 262 valence electrons. The fourth-order valence-electron chi connectivity index (χ4n) is 5.84. The summed E-state index contributed by atoms with van der Waals surface area (Å²) in [4.78, 5) is 59.8. The maximum absolute atomic E-state index is 13.3. The van der Waals surface area contributed by atoms with Crippen LogP contribution in [0.25, 0.3) is 21.0 Å². The lowest BCUT2D eigenvalue weighted by Crippen LogP contribution is -2.48. The van der Waals surface area contributed by atoms with E-state index in [0.717, 1.165) is 40.5 Å². The Balaban J connectivity index is 1.00. The second-order valence-corrected chi connectivity index (χ2v) is 14.3. The summed E-state index contributed by atoms with van der Waals surface area (Å²) < 4.78 is 0. The number of aromatic nitrogens is 3. The van der Waals surface area contributed by atoms with Gasteiger partial charge < -0.3 is 25.8 Å². The number of aryl methyl sites for hydroxylation is 1. The summed E-state index contributed by atoms with van der Waals surface area (Å²) in [5.41, 5.74) is 5.00. The minimum Gasteiger partial charge on any atom is -0.336 e. The average Bonchev–Trinajstić information content (AvgIpc) is 3.90. The number of nitrogens with one attached hydrogen (secondary N) is 3. The SMILES string of the molecule is CCN1CCN(C(=O)c2cccc(-c3ccnc(Nc4cc(NC(=O)c5cncc(NC(=O)c6ccc(-c7cccs7)s6)c5)ccc4C)n3)c2)CC1. The normalized spacial score (nSPS) is 13.1. The van der Waals surface area contributed by atoms with Crippen LogP contribution in [0.1, 0.15) is 42.9 Å². The van der Waals surface area contributed by atoms with Crippen LogP contribution in [-0.4, -0.2) is 75.2 Å². The van der Waals surface area contributed by atoms with Crippen LogP contribution in [0.3, 0.4) is 0 Å². The Morgan fingerprint density at radius 2 is 1.65 bits per heavy atom.